The number of allylic oxidation sites excluding steroid dienone is 1. The third-order valence-electron chi connectivity index (χ3n) is 7.93. The van der Waals surface area contributed by atoms with Gasteiger partial charge in [-0.3, -0.25) is 4.79 Å². The monoisotopic (exact) mass is 385 g/mol. The summed E-state index contributed by atoms with van der Waals surface area (Å²) in [5, 5.41) is 10.3. The summed E-state index contributed by atoms with van der Waals surface area (Å²) in [5.74, 6) is -0.324. The second kappa shape index (κ2) is 5.97. The lowest BCUT2D eigenvalue weighted by Crippen LogP contribution is -3.21. The van der Waals surface area contributed by atoms with Gasteiger partial charge in [-0.1, -0.05) is 6.08 Å². The number of piperidine rings is 2. The number of ether oxygens (including phenoxy) is 2. The van der Waals surface area contributed by atoms with Crippen molar-refractivity contribution in [2.45, 2.75) is 43.4 Å². The van der Waals surface area contributed by atoms with E-state index in [4.69, 9.17) is 9.47 Å². The maximum Gasteiger partial charge on any atom is 0.312 e. The highest BCUT2D eigenvalue weighted by Crippen LogP contribution is 2.64. The zero-order valence-corrected chi connectivity index (χ0v) is 16.8. The molecule has 3 saturated heterocycles. The van der Waals surface area contributed by atoms with Crippen LogP contribution in [0.5, 0.6) is 5.75 Å². The van der Waals surface area contributed by atoms with Crippen LogP contribution < -0.4 is 9.80 Å². The number of aromatic hydroxyl groups is 1. The minimum atomic E-state index is -0.575. The van der Waals surface area contributed by atoms with Crippen molar-refractivity contribution in [3.63, 3.8) is 0 Å². The summed E-state index contributed by atoms with van der Waals surface area (Å²) >= 11 is 0. The number of anilines is 1. The molecule has 2 N–H and O–H groups in total. The number of likely N-dealkylation sites (N-methyl/N-ethyl adjacent to an activating group) is 1. The highest BCUT2D eigenvalue weighted by atomic mass is 16.5. The molecule has 3 fully saturated rings. The lowest BCUT2D eigenvalue weighted by molar-refractivity contribution is -0.939. The second-order valence-corrected chi connectivity index (χ2v) is 8.69. The van der Waals surface area contributed by atoms with Gasteiger partial charge in [-0.2, -0.15) is 0 Å². The number of carbonyl (C=O) groups excluding carboxylic acids is 1. The number of phenolic OH excluding ortho intramolecular Hbond substituents is 1. The van der Waals surface area contributed by atoms with Crippen molar-refractivity contribution in [2.75, 3.05) is 38.8 Å². The molecule has 1 aromatic carbocycles. The van der Waals surface area contributed by atoms with Crippen molar-refractivity contribution in [1.29, 1.82) is 0 Å². The van der Waals surface area contributed by atoms with Crippen molar-refractivity contribution in [1.82, 2.24) is 0 Å². The third-order valence-corrected chi connectivity index (χ3v) is 7.93. The molecule has 28 heavy (non-hydrogen) atoms. The molecule has 4 heterocycles. The summed E-state index contributed by atoms with van der Waals surface area (Å²) in [4.78, 5) is 16.7. The Morgan fingerprint density at radius 1 is 1.46 bits per heavy atom. The van der Waals surface area contributed by atoms with E-state index in [1.807, 2.05) is 12.1 Å². The largest absolute Gasteiger partial charge is 0.508 e. The van der Waals surface area contributed by atoms with Crippen molar-refractivity contribution >= 4 is 11.7 Å². The smallest absolute Gasteiger partial charge is 0.312 e. The molecule has 150 valence electrons. The van der Waals surface area contributed by atoms with E-state index in [-0.39, 0.29) is 23.7 Å². The van der Waals surface area contributed by atoms with Gasteiger partial charge in [0.1, 0.15) is 11.8 Å². The number of carbonyl (C=O) groups is 1. The predicted octanol–water partition coefficient (Wildman–Crippen LogP) is 0.993. The van der Waals surface area contributed by atoms with Crippen LogP contribution in [0.4, 0.5) is 5.69 Å². The number of methoxy groups -OCH3 is 1. The van der Waals surface area contributed by atoms with Crippen LogP contribution in [0.25, 0.3) is 0 Å². The van der Waals surface area contributed by atoms with Crippen molar-refractivity contribution < 1.29 is 24.3 Å². The van der Waals surface area contributed by atoms with Gasteiger partial charge in [-0.15, -0.1) is 0 Å². The minimum absolute atomic E-state index is 0.208. The van der Waals surface area contributed by atoms with Gasteiger partial charge in [0.2, 0.25) is 5.72 Å². The number of nitrogens with one attached hydrogen (secondary N) is 1. The molecule has 1 unspecified atom stereocenters. The average molecular weight is 385 g/mol. The normalized spacial score (nSPS) is 39.9. The second-order valence-electron chi connectivity index (χ2n) is 8.69. The van der Waals surface area contributed by atoms with Gasteiger partial charge in [0, 0.05) is 25.6 Å². The number of hydrogen-bond acceptors (Lipinski definition) is 5. The lowest BCUT2D eigenvalue weighted by atomic mass is 9.59. The number of nitrogens with zero attached hydrogens (tertiary/aromatic N) is 1. The minimum Gasteiger partial charge on any atom is -0.508 e. The van der Waals surface area contributed by atoms with Crippen LogP contribution in [-0.4, -0.2) is 56.7 Å². The average Bonchev–Trinajstić information content (AvgIpc) is 3.18. The first-order valence-electron chi connectivity index (χ1n) is 10.3. The Bertz CT molecular complexity index is 868. The van der Waals surface area contributed by atoms with Crippen LogP contribution in [0, 0.1) is 5.92 Å². The Morgan fingerprint density at radius 3 is 3.04 bits per heavy atom. The van der Waals surface area contributed by atoms with Gasteiger partial charge < -0.3 is 24.4 Å². The standard InChI is InChI=1S/C22H28N2O4/c1-4-14-5-8-19-22-21(9-10-24(19)12-14,17(13-28-22)20(26)27-3)16-11-15(25)6-7-18(16)23(22)2/h4,6-7,11,17,19,25H,5,8-10,12-13H2,1-3H3/p+1/b14-4+/t17-,19+,21+,22-/m0/s1. The van der Waals surface area contributed by atoms with Crippen molar-refractivity contribution in [3.8, 4) is 5.75 Å². The molecule has 0 spiro atoms. The molecule has 0 saturated carbocycles. The molecule has 0 bridgehead atoms. The first-order valence-corrected chi connectivity index (χ1v) is 10.3. The van der Waals surface area contributed by atoms with Crippen LogP contribution in [0.3, 0.4) is 0 Å². The molecular formula is C22H29N2O4+. The molecule has 5 rings (SSSR count). The number of quaternary nitrogens is 1. The van der Waals surface area contributed by atoms with Gasteiger partial charge in [-0.25, -0.2) is 0 Å². The maximum absolute atomic E-state index is 12.9. The quantitative estimate of drug-likeness (QED) is 0.558. The van der Waals surface area contributed by atoms with Crippen LogP contribution in [0.15, 0.2) is 29.8 Å². The van der Waals surface area contributed by atoms with Crippen molar-refractivity contribution in [2.24, 2.45) is 5.92 Å². The van der Waals surface area contributed by atoms with E-state index in [9.17, 15) is 9.90 Å². The fraction of sp³-hybridized carbons (Fsp3) is 0.591. The van der Waals surface area contributed by atoms with E-state index in [1.165, 1.54) is 12.7 Å². The van der Waals surface area contributed by atoms with Gasteiger partial charge in [0.25, 0.3) is 0 Å². The Labute approximate surface area is 165 Å². The number of phenols is 1. The summed E-state index contributed by atoms with van der Waals surface area (Å²) in [6.45, 7) is 4.53. The molecular weight excluding hydrogens is 356 g/mol. The van der Waals surface area contributed by atoms with Crippen LogP contribution in [0.2, 0.25) is 0 Å². The Morgan fingerprint density at radius 2 is 2.29 bits per heavy atom. The first kappa shape index (κ1) is 18.0. The summed E-state index contributed by atoms with van der Waals surface area (Å²) < 4.78 is 11.9. The fourth-order valence-corrected chi connectivity index (χ4v) is 6.78. The van der Waals surface area contributed by atoms with E-state index in [0.717, 1.165) is 43.6 Å². The summed E-state index contributed by atoms with van der Waals surface area (Å²) in [5.41, 5.74) is 2.55. The molecule has 4 aliphatic rings. The SMILES string of the molecule is C/C=C1\CC[C@H]2[NH+](CC[C@]34c5cc(O)ccc5N(C)[C@]23OC[C@H]4C(=O)OC)C1. The lowest BCUT2D eigenvalue weighted by Gasteiger charge is -2.55. The topological polar surface area (TPSA) is 63.4 Å². The Hall–Kier alpha value is -2.05. The molecule has 4 aliphatic heterocycles. The van der Waals surface area contributed by atoms with Gasteiger partial charge in [0.05, 0.1) is 38.1 Å². The predicted molar refractivity (Wildman–Crippen MR) is 104 cm³/mol. The number of fused-ring (bicyclic) bond motifs is 2. The summed E-state index contributed by atoms with van der Waals surface area (Å²) in [6.07, 6.45) is 5.20. The Balaban J connectivity index is 1.72. The van der Waals surface area contributed by atoms with Gasteiger partial charge in [-0.05, 0) is 42.7 Å². The zero-order valence-electron chi connectivity index (χ0n) is 16.8. The van der Waals surface area contributed by atoms with Crippen LogP contribution in [-0.2, 0) is 19.7 Å². The highest BCUT2D eigenvalue weighted by Gasteiger charge is 2.77. The molecule has 6 heteroatoms. The van der Waals surface area contributed by atoms with E-state index in [0.29, 0.717) is 6.61 Å². The summed E-state index contributed by atoms with van der Waals surface area (Å²) in [6, 6.07) is 5.82. The van der Waals surface area contributed by atoms with Gasteiger partial charge in [0.15, 0.2) is 0 Å². The number of esters is 1. The van der Waals surface area contributed by atoms with E-state index in [2.05, 4.69) is 24.9 Å². The van der Waals surface area contributed by atoms with Gasteiger partial charge >= 0.3 is 5.97 Å². The number of benzene rings is 1. The first-order chi connectivity index (χ1) is 13.5. The van der Waals surface area contributed by atoms with Crippen molar-refractivity contribution in [3.05, 3.63) is 35.4 Å². The third kappa shape index (κ3) is 1.93. The van der Waals surface area contributed by atoms with E-state index < -0.39 is 11.1 Å². The zero-order chi connectivity index (χ0) is 19.7. The van der Waals surface area contributed by atoms with E-state index in [1.54, 1.807) is 11.0 Å². The molecule has 0 radical (unpaired) electrons. The number of hydrogen-bond donors (Lipinski definition) is 2. The maximum atomic E-state index is 12.9. The Kier molecular flexibility index (Phi) is 3.84. The molecule has 0 aromatic heterocycles. The summed E-state index contributed by atoms with van der Waals surface area (Å²) in [7, 11) is 3.55. The van der Waals surface area contributed by atoms with Crippen LogP contribution >= 0.6 is 0 Å². The molecule has 6 nitrogen and oxygen atoms in total. The highest BCUT2D eigenvalue weighted by molar-refractivity contribution is 5.80. The fourth-order valence-electron chi connectivity index (χ4n) is 6.78. The number of rotatable bonds is 1. The molecule has 0 aliphatic carbocycles. The molecule has 1 aromatic rings. The van der Waals surface area contributed by atoms with Crippen LogP contribution in [0.1, 0.15) is 31.7 Å². The molecule has 0 amide bonds. The molecule has 5 atom stereocenters. The van der Waals surface area contributed by atoms with E-state index >= 15 is 0 Å².